The molecule has 1 aromatic heterocycles. The molecule has 2 heterocycles. The van der Waals surface area contributed by atoms with Crippen LogP contribution in [0.5, 0.6) is 0 Å². The molecule has 2 aromatic rings. The predicted molar refractivity (Wildman–Crippen MR) is 77.5 cm³/mol. The lowest BCUT2D eigenvalue weighted by Crippen LogP contribution is -2.12. The van der Waals surface area contributed by atoms with E-state index in [1.54, 1.807) is 6.07 Å². The molecule has 110 valence electrons. The third kappa shape index (κ3) is 2.40. The van der Waals surface area contributed by atoms with Crippen molar-refractivity contribution in [2.24, 2.45) is 0 Å². The van der Waals surface area contributed by atoms with E-state index in [1.807, 2.05) is 18.2 Å². The van der Waals surface area contributed by atoms with Gasteiger partial charge in [0.2, 0.25) is 5.76 Å². The SMILES string of the molecule is COC(=O)c1ccc(C(O)c2ccc3c(c2)CCN3C)o1. The highest BCUT2D eigenvalue weighted by molar-refractivity contribution is 5.86. The number of likely N-dealkylation sites (N-methyl/N-ethyl adjacent to an activating group) is 1. The smallest absolute Gasteiger partial charge is 0.373 e. The van der Waals surface area contributed by atoms with E-state index >= 15 is 0 Å². The number of rotatable bonds is 3. The molecule has 1 aliphatic heterocycles. The summed E-state index contributed by atoms with van der Waals surface area (Å²) in [6.07, 6.45) is 0.0809. The number of benzene rings is 1. The van der Waals surface area contributed by atoms with Gasteiger partial charge in [0.15, 0.2) is 0 Å². The van der Waals surface area contributed by atoms with Crippen LogP contribution in [0.1, 0.15) is 33.5 Å². The summed E-state index contributed by atoms with van der Waals surface area (Å²) in [4.78, 5) is 13.6. The molecule has 3 rings (SSSR count). The molecule has 21 heavy (non-hydrogen) atoms. The number of aliphatic hydroxyl groups is 1. The lowest BCUT2D eigenvalue weighted by atomic mass is 10.0. The van der Waals surface area contributed by atoms with Crippen molar-refractivity contribution in [2.45, 2.75) is 12.5 Å². The van der Waals surface area contributed by atoms with Crippen LogP contribution in [0.15, 0.2) is 34.7 Å². The molecule has 1 unspecified atom stereocenters. The summed E-state index contributed by atoms with van der Waals surface area (Å²) < 4.78 is 9.95. The highest BCUT2D eigenvalue weighted by Gasteiger charge is 2.21. The summed E-state index contributed by atoms with van der Waals surface area (Å²) >= 11 is 0. The number of furan rings is 1. The number of carbonyl (C=O) groups excluding carboxylic acids is 1. The topological polar surface area (TPSA) is 62.9 Å². The minimum Gasteiger partial charge on any atom is -0.463 e. The number of hydrogen-bond donors (Lipinski definition) is 1. The Morgan fingerprint density at radius 3 is 2.95 bits per heavy atom. The van der Waals surface area contributed by atoms with Gasteiger partial charge in [-0.2, -0.15) is 0 Å². The molecule has 0 bridgehead atoms. The van der Waals surface area contributed by atoms with Crippen LogP contribution in [0.4, 0.5) is 5.69 Å². The lowest BCUT2D eigenvalue weighted by molar-refractivity contribution is 0.0558. The molecule has 5 heteroatoms. The van der Waals surface area contributed by atoms with Crippen molar-refractivity contribution in [1.82, 2.24) is 0 Å². The van der Waals surface area contributed by atoms with Gasteiger partial charge in [-0.25, -0.2) is 4.79 Å². The number of hydrogen-bond acceptors (Lipinski definition) is 5. The van der Waals surface area contributed by atoms with Crippen LogP contribution >= 0.6 is 0 Å². The zero-order valence-electron chi connectivity index (χ0n) is 12.0. The first kappa shape index (κ1) is 13.7. The van der Waals surface area contributed by atoms with Gasteiger partial charge in [0.1, 0.15) is 11.9 Å². The Morgan fingerprint density at radius 1 is 1.38 bits per heavy atom. The minimum absolute atomic E-state index is 0.0902. The highest BCUT2D eigenvalue weighted by atomic mass is 16.5. The zero-order valence-corrected chi connectivity index (χ0v) is 12.0. The normalized spacial score (nSPS) is 14.9. The van der Waals surface area contributed by atoms with Crippen molar-refractivity contribution in [3.63, 3.8) is 0 Å². The second-order valence-corrected chi connectivity index (χ2v) is 5.16. The summed E-state index contributed by atoms with van der Waals surface area (Å²) in [6, 6.07) is 8.97. The van der Waals surface area contributed by atoms with E-state index in [4.69, 9.17) is 4.42 Å². The van der Waals surface area contributed by atoms with E-state index in [1.165, 1.54) is 24.4 Å². The molecule has 5 nitrogen and oxygen atoms in total. The average Bonchev–Trinajstić information content (AvgIpc) is 3.13. The first-order valence-electron chi connectivity index (χ1n) is 6.80. The quantitative estimate of drug-likeness (QED) is 0.876. The molecule has 1 atom stereocenters. The molecule has 0 amide bonds. The Labute approximate surface area is 122 Å². The van der Waals surface area contributed by atoms with E-state index in [0.717, 1.165) is 18.5 Å². The van der Waals surface area contributed by atoms with Gasteiger partial charge in [-0.3, -0.25) is 0 Å². The maximum absolute atomic E-state index is 11.4. The average molecular weight is 287 g/mol. The van der Waals surface area contributed by atoms with E-state index < -0.39 is 12.1 Å². The molecule has 0 aliphatic carbocycles. The molecule has 0 radical (unpaired) electrons. The largest absolute Gasteiger partial charge is 0.463 e. The Kier molecular flexibility index (Phi) is 3.43. The van der Waals surface area contributed by atoms with Gasteiger partial charge in [-0.1, -0.05) is 12.1 Å². The summed E-state index contributed by atoms with van der Waals surface area (Å²) in [5.74, 6) is -0.127. The van der Waals surface area contributed by atoms with Crippen LogP contribution in [0.2, 0.25) is 0 Å². The summed E-state index contributed by atoms with van der Waals surface area (Å²) in [7, 11) is 3.34. The number of esters is 1. The number of fused-ring (bicyclic) bond motifs is 1. The van der Waals surface area contributed by atoms with Crippen molar-refractivity contribution >= 4 is 11.7 Å². The second kappa shape index (κ2) is 5.26. The number of nitrogens with zero attached hydrogens (tertiary/aromatic N) is 1. The van der Waals surface area contributed by atoms with Crippen molar-refractivity contribution in [2.75, 3.05) is 25.6 Å². The lowest BCUT2D eigenvalue weighted by Gasteiger charge is -2.14. The Morgan fingerprint density at radius 2 is 2.19 bits per heavy atom. The van der Waals surface area contributed by atoms with Gasteiger partial charge in [-0.15, -0.1) is 0 Å². The molecule has 1 aromatic carbocycles. The predicted octanol–water partition coefficient (Wildman–Crippen LogP) is 2.14. The number of aliphatic hydroxyl groups excluding tert-OH is 1. The Bertz CT molecular complexity index is 677. The van der Waals surface area contributed by atoms with E-state index in [2.05, 4.69) is 16.7 Å². The van der Waals surface area contributed by atoms with Crippen LogP contribution in [-0.2, 0) is 11.2 Å². The summed E-state index contributed by atoms with van der Waals surface area (Å²) in [5.41, 5.74) is 3.17. The first-order chi connectivity index (χ1) is 10.1. The zero-order chi connectivity index (χ0) is 15.0. The summed E-state index contributed by atoms with van der Waals surface area (Å²) in [6.45, 7) is 0.988. The minimum atomic E-state index is -0.889. The molecule has 0 spiro atoms. The summed E-state index contributed by atoms with van der Waals surface area (Å²) in [5, 5.41) is 10.4. The number of ether oxygens (including phenoxy) is 1. The van der Waals surface area contributed by atoms with Gasteiger partial charge >= 0.3 is 5.97 Å². The van der Waals surface area contributed by atoms with Crippen LogP contribution < -0.4 is 4.90 Å². The maximum atomic E-state index is 11.4. The number of anilines is 1. The Balaban J connectivity index is 1.87. The molecule has 0 saturated heterocycles. The van der Waals surface area contributed by atoms with Crippen molar-refractivity contribution in [1.29, 1.82) is 0 Å². The fraction of sp³-hybridized carbons (Fsp3) is 0.312. The van der Waals surface area contributed by atoms with Crippen LogP contribution in [0.25, 0.3) is 0 Å². The first-order valence-corrected chi connectivity index (χ1v) is 6.80. The van der Waals surface area contributed by atoms with Gasteiger partial charge in [-0.05, 0) is 35.7 Å². The fourth-order valence-electron chi connectivity index (χ4n) is 2.63. The van der Waals surface area contributed by atoms with Crippen molar-refractivity contribution in [3.05, 3.63) is 53.0 Å². The second-order valence-electron chi connectivity index (χ2n) is 5.16. The van der Waals surface area contributed by atoms with Crippen LogP contribution in [-0.4, -0.2) is 31.8 Å². The highest BCUT2D eigenvalue weighted by Crippen LogP contribution is 2.31. The molecular weight excluding hydrogens is 270 g/mol. The third-order valence-corrected chi connectivity index (χ3v) is 3.83. The van der Waals surface area contributed by atoms with Gasteiger partial charge in [0.25, 0.3) is 0 Å². The van der Waals surface area contributed by atoms with E-state index in [9.17, 15) is 9.90 Å². The van der Waals surface area contributed by atoms with Crippen LogP contribution in [0, 0.1) is 0 Å². The maximum Gasteiger partial charge on any atom is 0.373 e. The molecule has 0 saturated carbocycles. The van der Waals surface area contributed by atoms with E-state index in [-0.39, 0.29) is 5.76 Å². The van der Waals surface area contributed by atoms with Crippen molar-refractivity contribution in [3.8, 4) is 0 Å². The monoisotopic (exact) mass is 287 g/mol. The van der Waals surface area contributed by atoms with Gasteiger partial charge in [0.05, 0.1) is 7.11 Å². The third-order valence-electron chi connectivity index (χ3n) is 3.83. The van der Waals surface area contributed by atoms with Gasteiger partial charge in [0, 0.05) is 19.3 Å². The Hall–Kier alpha value is -2.27. The number of carbonyl (C=O) groups is 1. The standard InChI is InChI=1S/C16H17NO4/c1-17-8-7-10-9-11(3-4-12(10)17)15(18)13-5-6-14(21-13)16(19)20-2/h3-6,9,15,18H,7-8H2,1-2H3. The van der Waals surface area contributed by atoms with Gasteiger partial charge < -0.3 is 19.2 Å². The molecule has 1 N–H and O–H groups in total. The van der Waals surface area contributed by atoms with Crippen molar-refractivity contribution < 1.29 is 19.1 Å². The number of methoxy groups -OCH3 is 1. The van der Waals surface area contributed by atoms with Crippen LogP contribution in [0.3, 0.4) is 0 Å². The molecular formula is C16H17NO4. The van der Waals surface area contributed by atoms with E-state index in [0.29, 0.717) is 5.76 Å². The fourth-order valence-corrected chi connectivity index (χ4v) is 2.63. The molecule has 1 aliphatic rings. The molecule has 0 fully saturated rings.